The summed E-state index contributed by atoms with van der Waals surface area (Å²) in [6.45, 7) is 9.51. The molecule has 1 saturated heterocycles. The van der Waals surface area contributed by atoms with Crippen molar-refractivity contribution in [3.63, 3.8) is 0 Å². The van der Waals surface area contributed by atoms with E-state index in [1.54, 1.807) is 0 Å². The summed E-state index contributed by atoms with van der Waals surface area (Å²) in [5, 5.41) is 3.37. The van der Waals surface area contributed by atoms with Crippen molar-refractivity contribution in [1.82, 2.24) is 10.2 Å². The van der Waals surface area contributed by atoms with E-state index in [1.165, 1.54) is 25.7 Å². The van der Waals surface area contributed by atoms with Gasteiger partial charge in [-0.2, -0.15) is 0 Å². The molecule has 100 valence electrons. The number of nitrogens with one attached hydrogen (secondary N) is 1. The monoisotopic (exact) mass is 240 g/mol. The van der Waals surface area contributed by atoms with Gasteiger partial charge in [-0.15, -0.1) is 0 Å². The molecule has 1 heterocycles. The van der Waals surface area contributed by atoms with Crippen molar-refractivity contribution in [2.75, 3.05) is 6.54 Å². The minimum Gasteiger partial charge on any atom is -0.326 e. The van der Waals surface area contributed by atoms with Gasteiger partial charge >= 0.3 is 0 Å². The van der Waals surface area contributed by atoms with E-state index >= 15 is 0 Å². The molecule has 0 aromatic rings. The lowest BCUT2D eigenvalue weighted by molar-refractivity contribution is -0.130. The molecule has 0 aliphatic carbocycles. The second kappa shape index (κ2) is 7.00. The maximum absolute atomic E-state index is 12.1. The summed E-state index contributed by atoms with van der Waals surface area (Å²) >= 11 is 0. The molecular weight excluding hydrogens is 212 g/mol. The van der Waals surface area contributed by atoms with E-state index < -0.39 is 0 Å². The van der Waals surface area contributed by atoms with Crippen molar-refractivity contribution < 1.29 is 4.79 Å². The third kappa shape index (κ3) is 3.70. The lowest BCUT2D eigenvalue weighted by Gasteiger charge is -2.27. The Labute approximate surface area is 106 Å². The fourth-order valence-electron chi connectivity index (χ4n) is 2.60. The zero-order chi connectivity index (χ0) is 12.8. The largest absolute Gasteiger partial charge is 0.326 e. The Kier molecular flexibility index (Phi) is 5.96. The number of hydrogen-bond acceptors (Lipinski definition) is 2. The minimum atomic E-state index is 0.00336. The molecule has 17 heavy (non-hydrogen) atoms. The Hall–Kier alpha value is -0.570. The normalized spacial score (nSPS) is 26.6. The highest BCUT2D eigenvalue weighted by Gasteiger charge is 2.35. The van der Waals surface area contributed by atoms with Gasteiger partial charge in [0.1, 0.15) is 0 Å². The maximum Gasteiger partial charge on any atom is 0.240 e. The fourth-order valence-corrected chi connectivity index (χ4v) is 2.60. The van der Waals surface area contributed by atoms with E-state index in [0.29, 0.717) is 5.92 Å². The van der Waals surface area contributed by atoms with Gasteiger partial charge in [0.25, 0.3) is 0 Å². The molecule has 1 aliphatic rings. The fraction of sp³-hybridized carbons (Fsp3) is 0.929. The predicted octanol–water partition coefficient (Wildman–Crippen LogP) is 2.76. The van der Waals surface area contributed by atoms with Gasteiger partial charge in [0, 0.05) is 6.54 Å². The molecule has 3 nitrogen and oxygen atoms in total. The zero-order valence-corrected chi connectivity index (χ0v) is 11.8. The van der Waals surface area contributed by atoms with Crippen LogP contribution in [0, 0.1) is 5.92 Å². The van der Waals surface area contributed by atoms with Crippen LogP contribution in [0.1, 0.15) is 59.8 Å². The van der Waals surface area contributed by atoms with Crippen LogP contribution in [-0.2, 0) is 4.79 Å². The summed E-state index contributed by atoms with van der Waals surface area (Å²) in [7, 11) is 0. The highest BCUT2D eigenvalue weighted by atomic mass is 16.2. The molecule has 1 aliphatic heterocycles. The first-order valence-corrected chi connectivity index (χ1v) is 7.20. The first-order chi connectivity index (χ1) is 8.13. The van der Waals surface area contributed by atoms with E-state index in [2.05, 4.69) is 31.0 Å². The minimum absolute atomic E-state index is 0.00336. The summed E-state index contributed by atoms with van der Waals surface area (Å²) in [4.78, 5) is 14.1. The van der Waals surface area contributed by atoms with Crippen LogP contribution in [0.3, 0.4) is 0 Å². The second-order valence-corrected chi connectivity index (χ2v) is 5.22. The van der Waals surface area contributed by atoms with Crippen molar-refractivity contribution in [2.45, 2.75) is 72.0 Å². The smallest absolute Gasteiger partial charge is 0.240 e. The Balaban J connectivity index is 2.54. The first kappa shape index (κ1) is 14.5. The van der Waals surface area contributed by atoms with Gasteiger partial charge in [0.15, 0.2) is 0 Å². The predicted molar refractivity (Wildman–Crippen MR) is 71.7 cm³/mol. The van der Waals surface area contributed by atoms with Crippen LogP contribution < -0.4 is 5.32 Å². The van der Waals surface area contributed by atoms with Crippen LogP contribution in [0.4, 0.5) is 0 Å². The standard InChI is InChI=1S/C14H28N2O/c1-5-8-9-12(6-2)10-16-13(7-3)15-11(4)14(16)17/h11-13,15H,5-10H2,1-4H3. The Morgan fingerprint density at radius 2 is 2.06 bits per heavy atom. The van der Waals surface area contributed by atoms with Crippen LogP contribution in [0.25, 0.3) is 0 Å². The highest BCUT2D eigenvalue weighted by Crippen LogP contribution is 2.20. The average Bonchev–Trinajstić information content (AvgIpc) is 2.61. The van der Waals surface area contributed by atoms with Crippen molar-refractivity contribution in [1.29, 1.82) is 0 Å². The van der Waals surface area contributed by atoms with Crippen LogP contribution in [0.5, 0.6) is 0 Å². The molecule has 0 aromatic carbocycles. The lowest BCUT2D eigenvalue weighted by atomic mass is 9.98. The third-order valence-electron chi connectivity index (χ3n) is 3.86. The Morgan fingerprint density at radius 1 is 1.35 bits per heavy atom. The van der Waals surface area contributed by atoms with Crippen molar-refractivity contribution in [2.24, 2.45) is 5.92 Å². The molecule has 1 rings (SSSR count). The maximum atomic E-state index is 12.1. The molecule has 3 heteroatoms. The molecule has 0 spiro atoms. The van der Waals surface area contributed by atoms with Crippen LogP contribution in [0.2, 0.25) is 0 Å². The number of unbranched alkanes of at least 4 members (excludes halogenated alkanes) is 1. The van der Waals surface area contributed by atoms with Gasteiger partial charge in [-0.3, -0.25) is 10.1 Å². The van der Waals surface area contributed by atoms with Crippen LogP contribution in [-0.4, -0.2) is 29.6 Å². The zero-order valence-electron chi connectivity index (χ0n) is 11.8. The second-order valence-electron chi connectivity index (χ2n) is 5.22. The first-order valence-electron chi connectivity index (χ1n) is 7.20. The summed E-state index contributed by atoms with van der Waals surface area (Å²) < 4.78 is 0. The number of carbonyl (C=O) groups is 1. The quantitative estimate of drug-likeness (QED) is 0.742. The van der Waals surface area contributed by atoms with E-state index in [0.717, 1.165) is 13.0 Å². The SMILES string of the molecule is CCCCC(CC)CN1C(=O)C(C)NC1CC. The molecule has 0 radical (unpaired) electrons. The summed E-state index contributed by atoms with van der Waals surface area (Å²) in [6, 6.07) is 0.00336. The lowest BCUT2D eigenvalue weighted by Crippen LogP contribution is -2.39. The number of carbonyl (C=O) groups excluding carboxylic acids is 1. The number of nitrogens with zero attached hydrogens (tertiary/aromatic N) is 1. The third-order valence-corrected chi connectivity index (χ3v) is 3.86. The molecule has 1 N–H and O–H groups in total. The molecule has 0 saturated carbocycles. The number of rotatable bonds is 7. The van der Waals surface area contributed by atoms with Gasteiger partial charge in [-0.1, -0.05) is 40.0 Å². The Bertz CT molecular complexity index is 242. The number of amides is 1. The highest BCUT2D eigenvalue weighted by molar-refractivity contribution is 5.83. The summed E-state index contributed by atoms with van der Waals surface area (Å²) in [6.07, 6.45) is 6.21. The molecular formula is C14H28N2O. The van der Waals surface area contributed by atoms with Gasteiger partial charge in [-0.05, 0) is 25.7 Å². The van der Waals surface area contributed by atoms with Gasteiger partial charge in [0.05, 0.1) is 12.2 Å². The van der Waals surface area contributed by atoms with Crippen LogP contribution >= 0.6 is 0 Å². The Morgan fingerprint density at radius 3 is 2.59 bits per heavy atom. The molecule has 1 fully saturated rings. The van der Waals surface area contributed by atoms with Crippen LogP contribution in [0.15, 0.2) is 0 Å². The summed E-state index contributed by atoms with van der Waals surface area (Å²) in [5.74, 6) is 0.951. The average molecular weight is 240 g/mol. The van der Waals surface area contributed by atoms with Gasteiger partial charge < -0.3 is 4.90 Å². The van der Waals surface area contributed by atoms with E-state index in [-0.39, 0.29) is 18.1 Å². The molecule has 3 unspecified atom stereocenters. The van der Waals surface area contributed by atoms with Gasteiger partial charge in [0.2, 0.25) is 5.91 Å². The van der Waals surface area contributed by atoms with Crippen molar-refractivity contribution >= 4 is 5.91 Å². The number of hydrogen-bond donors (Lipinski definition) is 1. The van der Waals surface area contributed by atoms with E-state index in [9.17, 15) is 4.79 Å². The van der Waals surface area contributed by atoms with E-state index in [4.69, 9.17) is 0 Å². The molecule has 0 aromatic heterocycles. The topological polar surface area (TPSA) is 32.3 Å². The van der Waals surface area contributed by atoms with E-state index in [1.807, 2.05) is 6.92 Å². The summed E-state index contributed by atoms with van der Waals surface area (Å²) in [5.41, 5.74) is 0. The van der Waals surface area contributed by atoms with Crippen molar-refractivity contribution in [3.8, 4) is 0 Å². The van der Waals surface area contributed by atoms with Crippen molar-refractivity contribution in [3.05, 3.63) is 0 Å². The molecule has 0 bridgehead atoms. The molecule has 1 amide bonds. The molecule has 3 atom stereocenters. The van der Waals surface area contributed by atoms with Gasteiger partial charge in [-0.25, -0.2) is 0 Å².